The second kappa shape index (κ2) is 5.80. The summed E-state index contributed by atoms with van der Waals surface area (Å²) in [7, 11) is 0. The van der Waals surface area contributed by atoms with E-state index in [0.29, 0.717) is 12.3 Å². The minimum atomic E-state index is -0.483. The van der Waals surface area contributed by atoms with Gasteiger partial charge in [-0.2, -0.15) is 0 Å². The van der Waals surface area contributed by atoms with E-state index in [4.69, 9.17) is 10.5 Å². The molecule has 4 heteroatoms. The number of aryl methyl sites for hydroxylation is 1. The van der Waals surface area contributed by atoms with Crippen LogP contribution in [0.15, 0.2) is 36.4 Å². The van der Waals surface area contributed by atoms with Crippen molar-refractivity contribution >= 4 is 0 Å². The molecule has 2 nitrogen and oxygen atoms in total. The Bertz CT molecular complexity index is 584. The van der Waals surface area contributed by atoms with Gasteiger partial charge in [0.2, 0.25) is 0 Å². The average molecular weight is 263 g/mol. The normalized spacial score (nSPS) is 10.5. The van der Waals surface area contributed by atoms with Gasteiger partial charge in [-0.3, -0.25) is 0 Å². The molecule has 0 atom stereocenters. The summed E-state index contributed by atoms with van der Waals surface area (Å²) in [6.07, 6.45) is 0. The van der Waals surface area contributed by atoms with E-state index in [1.54, 1.807) is 0 Å². The summed E-state index contributed by atoms with van der Waals surface area (Å²) in [6.45, 7) is 2.19. The highest BCUT2D eigenvalue weighted by Crippen LogP contribution is 2.24. The Balaban J connectivity index is 2.21. The Kier molecular flexibility index (Phi) is 4.12. The van der Waals surface area contributed by atoms with Crippen LogP contribution >= 0.6 is 0 Å². The van der Waals surface area contributed by atoms with Crippen molar-refractivity contribution in [1.29, 1.82) is 0 Å². The lowest BCUT2D eigenvalue weighted by Crippen LogP contribution is -2.05. The summed E-state index contributed by atoms with van der Waals surface area (Å²) < 4.78 is 32.1. The van der Waals surface area contributed by atoms with E-state index in [1.165, 1.54) is 0 Å². The van der Waals surface area contributed by atoms with Crippen LogP contribution in [0.5, 0.6) is 5.75 Å². The Morgan fingerprint density at radius 3 is 2.63 bits per heavy atom. The van der Waals surface area contributed by atoms with Gasteiger partial charge >= 0.3 is 0 Å². The zero-order chi connectivity index (χ0) is 13.8. The van der Waals surface area contributed by atoms with Gasteiger partial charge in [0, 0.05) is 17.7 Å². The first-order chi connectivity index (χ1) is 9.11. The fourth-order valence-electron chi connectivity index (χ4n) is 1.88. The van der Waals surface area contributed by atoms with Crippen LogP contribution in [0.2, 0.25) is 0 Å². The van der Waals surface area contributed by atoms with Crippen LogP contribution in [0, 0.1) is 18.6 Å². The number of rotatable bonds is 4. The predicted molar refractivity (Wildman–Crippen MR) is 69.8 cm³/mol. The highest BCUT2D eigenvalue weighted by Gasteiger charge is 2.09. The number of hydrogen-bond donors (Lipinski definition) is 1. The van der Waals surface area contributed by atoms with Crippen LogP contribution in [0.25, 0.3) is 0 Å². The Morgan fingerprint density at radius 2 is 1.89 bits per heavy atom. The molecule has 0 radical (unpaired) electrons. The van der Waals surface area contributed by atoms with Crippen molar-refractivity contribution in [3.63, 3.8) is 0 Å². The van der Waals surface area contributed by atoms with Gasteiger partial charge in [0.15, 0.2) is 0 Å². The molecule has 0 bridgehead atoms. The van der Waals surface area contributed by atoms with Crippen molar-refractivity contribution in [3.8, 4) is 5.75 Å². The number of halogens is 2. The lowest BCUT2D eigenvalue weighted by atomic mass is 10.1. The van der Waals surface area contributed by atoms with E-state index in [9.17, 15) is 8.78 Å². The van der Waals surface area contributed by atoms with Crippen molar-refractivity contribution < 1.29 is 13.5 Å². The largest absolute Gasteiger partial charge is 0.488 e. The van der Waals surface area contributed by atoms with Crippen LogP contribution in [-0.2, 0) is 13.2 Å². The van der Waals surface area contributed by atoms with Gasteiger partial charge < -0.3 is 10.5 Å². The average Bonchev–Trinajstić information content (AvgIpc) is 2.40. The summed E-state index contributed by atoms with van der Waals surface area (Å²) in [5.41, 5.74) is 7.58. The van der Waals surface area contributed by atoms with E-state index in [1.807, 2.05) is 25.1 Å². The summed E-state index contributed by atoms with van der Waals surface area (Å²) in [5, 5.41) is 0. The van der Waals surface area contributed by atoms with E-state index < -0.39 is 11.6 Å². The second-order valence-electron chi connectivity index (χ2n) is 4.29. The Morgan fingerprint density at radius 1 is 1.11 bits per heavy atom. The molecule has 0 fully saturated rings. The SMILES string of the molecule is Cc1cccc(CN)c1OCc1cc(F)ccc1F. The summed E-state index contributed by atoms with van der Waals surface area (Å²) in [6, 6.07) is 8.93. The van der Waals surface area contributed by atoms with Crippen molar-refractivity contribution in [3.05, 3.63) is 64.7 Å². The monoisotopic (exact) mass is 263 g/mol. The van der Waals surface area contributed by atoms with Crippen LogP contribution in [0.3, 0.4) is 0 Å². The van der Waals surface area contributed by atoms with Crippen LogP contribution < -0.4 is 10.5 Å². The van der Waals surface area contributed by atoms with Gasteiger partial charge in [0.25, 0.3) is 0 Å². The van der Waals surface area contributed by atoms with Crippen molar-refractivity contribution in [1.82, 2.24) is 0 Å². The molecule has 2 aromatic rings. The third kappa shape index (κ3) is 3.09. The minimum Gasteiger partial charge on any atom is -0.488 e. The highest BCUT2D eigenvalue weighted by atomic mass is 19.1. The summed E-state index contributed by atoms with van der Waals surface area (Å²) >= 11 is 0. The lowest BCUT2D eigenvalue weighted by Gasteiger charge is -2.13. The first-order valence-electron chi connectivity index (χ1n) is 5.97. The van der Waals surface area contributed by atoms with E-state index >= 15 is 0 Å². The molecule has 0 aliphatic rings. The van der Waals surface area contributed by atoms with Crippen molar-refractivity contribution in [2.75, 3.05) is 0 Å². The molecule has 0 spiro atoms. The molecule has 0 aromatic heterocycles. The minimum absolute atomic E-state index is 0.0263. The molecule has 0 heterocycles. The third-order valence-electron chi connectivity index (χ3n) is 2.89. The predicted octanol–water partition coefficient (Wildman–Crippen LogP) is 3.31. The zero-order valence-electron chi connectivity index (χ0n) is 10.6. The number of hydrogen-bond acceptors (Lipinski definition) is 2. The number of nitrogens with two attached hydrogens (primary N) is 1. The number of benzene rings is 2. The molecule has 2 aromatic carbocycles. The Labute approximate surface area is 110 Å². The number of para-hydroxylation sites is 1. The van der Waals surface area contributed by atoms with Gasteiger partial charge in [-0.1, -0.05) is 18.2 Å². The molecule has 2 rings (SSSR count). The topological polar surface area (TPSA) is 35.2 Å². The third-order valence-corrected chi connectivity index (χ3v) is 2.89. The number of ether oxygens (including phenoxy) is 1. The first-order valence-corrected chi connectivity index (χ1v) is 5.97. The Hall–Kier alpha value is -1.94. The van der Waals surface area contributed by atoms with Gasteiger partial charge in [-0.15, -0.1) is 0 Å². The van der Waals surface area contributed by atoms with Gasteiger partial charge in [-0.05, 0) is 30.7 Å². The van der Waals surface area contributed by atoms with E-state index in [-0.39, 0.29) is 12.2 Å². The maximum absolute atomic E-state index is 13.5. The van der Waals surface area contributed by atoms with Gasteiger partial charge in [-0.25, -0.2) is 8.78 Å². The van der Waals surface area contributed by atoms with Crippen molar-refractivity contribution in [2.24, 2.45) is 5.73 Å². The molecular weight excluding hydrogens is 248 g/mol. The van der Waals surface area contributed by atoms with E-state index in [2.05, 4.69) is 0 Å². The van der Waals surface area contributed by atoms with Crippen LogP contribution in [0.4, 0.5) is 8.78 Å². The zero-order valence-corrected chi connectivity index (χ0v) is 10.6. The smallest absolute Gasteiger partial charge is 0.130 e. The second-order valence-corrected chi connectivity index (χ2v) is 4.29. The first kappa shape index (κ1) is 13.5. The van der Waals surface area contributed by atoms with Gasteiger partial charge in [0.1, 0.15) is 24.0 Å². The highest BCUT2D eigenvalue weighted by molar-refractivity contribution is 5.40. The molecular formula is C15H15F2NO. The molecule has 0 unspecified atom stereocenters. The molecule has 19 heavy (non-hydrogen) atoms. The molecule has 0 amide bonds. The fourth-order valence-corrected chi connectivity index (χ4v) is 1.88. The quantitative estimate of drug-likeness (QED) is 0.918. The molecule has 0 aliphatic carbocycles. The summed E-state index contributed by atoms with van der Waals surface area (Å²) in [5.74, 6) is -0.332. The van der Waals surface area contributed by atoms with Gasteiger partial charge in [0.05, 0.1) is 0 Å². The van der Waals surface area contributed by atoms with Crippen LogP contribution in [-0.4, -0.2) is 0 Å². The standard InChI is InChI=1S/C15H15F2NO/c1-10-3-2-4-11(8-18)15(10)19-9-12-7-13(16)5-6-14(12)17/h2-7H,8-9,18H2,1H3. The van der Waals surface area contributed by atoms with Crippen LogP contribution in [0.1, 0.15) is 16.7 Å². The summed E-state index contributed by atoms with van der Waals surface area (Å²) in [4.78, 5) is 0. The fraction of sp³-hybridized carbons (Fsp3) is 0.200. The lowest BCUT2D eigenvalue weighted by molar-refractivity contribution is 0.294. The van der Waals surface area contributed by atoms with Crippen molar-refractivity contribution in [2.45, 2.75) is 20.1 Å². The maximum Gasteiger partial charge on any atom is 0.130 e. The van der Waals surface area contributed by atoms with E-state index in [0.717, 1.165) is 29.3 Å². The molecule has 0 aliphatic heterocycles. The molecule has 0 saturated heterocycles. The maximum atomic E-state index is 13.5. The molecule has 100 valence electrons. The molecule has 2 N–H and O–H groups in total. The molecule has 0 saturated carbocycles.